The lowest BCUT2D eigenvalue weighted by molar-refractivity contribution is -0.141. The molecule has 7 nitrogen and oxygen atoms in total. The fourth-order valence-corrected chi connectivity index (χ4v) is 5.29. The average Bonchev–Trinajstić information content (AvgIpc) is 3.42. The van der Waals surface area contributed by atoms with E-state index in [1.165, 1.54) is 11.1 Å². The number of carbonyl (C=O) groups is 3. The second-order valence-electron chi connectivity index (χ2n) is 9.12. The van der Waals surface area contributed by atoms with E-state index in [1.54, 1.807) is 4.90 Å². The van der Waals surface area contributed by atoms with Crippen LogP contribution in [0.3, 0.4) is 0 Å². The lowest BCUT2D eigenvalue weighted by atomic mass is 9.98. The van der Waals surface area contributed by atoms with Gasteiger partial charge in [0.1, 0.15) is 6.61 Å². The molecule has 1 aliphatic heterocycles. The van der Waals surface area contributed by atoms with Crippen LogP contribution in [0.25, 0.3) is 11.1 Å². The smallest absolute Gasteiger partial charge is 0.407 e. The molecule has 2 aromatic carbocycles. The number of carboxylic acids is 1. The first-order chi connectivity index (χ1) is 16.5. The number of amides is 2. The van der Waals surface area contributed by atoms with Gasteiger partial charge in [-0.2, -0.15) is 0 Å². The number of carbonyl (C=O) groups excluding carboxylic acids is 2. The summed E-state index contributed by atoms with van der Waals surface area (Å²) < 4.78 is 5.59. The summed E-state index contributed by atoms with van der Waals surface area (Å²) in [5.74, 6) is -1.38. The van der Waals surface area contributed by atoms with Crippen LogP contribution in [-0.4, -0.2) is 53.7 Å². The van der Waals surface area contributed by atoms with Crippen molar-refractivity contribution in [2.75, 3.05) is 19.7 Å². The van der Waals surface area contributed by atoms with E-state index >= 15 is 0 Å². The molecule has 0 saturated carbocycles. The summed E-state index contributed by atoms with van der Waals surface area (Å²) in [5.41, 5.74) is 4.63. The summed E-state index contributed by atoms with van der Waals surface area (Å²) in [4.78, 5) is 38.5. The number of nitrogens with zero attached hydrogens (tertiary/aromatic N) is 1. The quantitative estimate of drug-likeness (QED) is 0.573. The Morgan fingerprint density at radius 1 is 1.09 bits per heavy atom. The number of hydrogen-bond donors (Lipinski definition) is 2. The number of carboxylic acid groups (broad SMARTS) is 1. The van der Waals surface area contributed by atoms with Gasteiger partial charge in [-0.3, -0.25) is 9.59 Å². The van der Waals surface area contributed by atoms with Crippen molar-refractivity contribution >= 4 is 18.0 Å². The molecule has 7 heteroatoms. The highest BCUT2D eigenvalue weighted by atomic mass is 16.5. The molecule has 1 aliphatic carbocycles. The van der Waals surface area contributed by atoms with Crippen molar-refractivity contribution in [3.05, 3.63) is 59.7 Å². The van der Waals surface area contributed by atoms with Crippen LogP contribution >= 0.6 is 0 Å². The molecule has 4 rings (SSSR count). The molecule has 2 aromatic rings. The van der Waals surface area contributed by atoms with E-state index in [-0.39, 0.29) is 43.4 Å². The van der Waals surface area contributed by atoms with Gasteiger partial charge in [-0.1, -0.05) is 61.9 Å². The third kappa shape index (κ3) is 5.08. The number of fused-ring (bicyclic) bond motifs is 3. The first-order valence-corrected chi connectivity index (χ1v) is 12.1. The van der Waals surface area contributed by atoms with E-state index in [0.717, 1.165) is 24.0 Å². The lowest BCUT2D eigenvalue weighted by Gasteiger charge is -2.28. The number of likely N-dealkylation sites (tertiary alicyclic amines) is 1. The highest BCUT2D eigenvalue weighted by molar-refractivity contribution is 5.81. The van der Waals surface area contributed by atoms with E-state index in [2.05, 4.69) is 29.6 Å². The normalized spacial score (nSPS) is 17.7. The Bertz CT molecular complexity index is 1010. The zero-order chi connectivity index (χ0) is 24.1. The Labute approximate surface area is 200 Å². The van der Waals surface area contributed by atoms with E-state index in [4.69, 9.17) is 9.84 Å². The molecule has 0 aromatic heterocycles. The average molecular weight is 465 g/mol. The van der Waals surface area contributed by atoms with Gasteiger partial charge in [-0.05, 0) is 41.5 Å². The number of alkyl carbamates (subject to hydrolysis) is 1. The summed E-state index contributed by atoms with van der Waals surface area (Å²) >= 11 is 0. The van der Waals surface area contributed by atoms with Gasteiger partial charge in [0.2, 0.25) is 5.91 Å². The highest BCUT2D eigenvalue weighted by Crippen LogP contribution is 2.44. The first-order valence-electron chi connectivity index (χ1n) is 12.1. The predicted molar refractivity (Wildman–Crippen MR) is 128 cm³/mol. The van der Waals surface area contributed by atoms with Crippen LogP contribution in [-0.2, 0) is 14.3 Å². The van der Waals surface area contributed by atoms with Crippen LogP contribution in [0.5, 0.6) is 0 Å². The summed E-state index contributed by atoms with van der Waals surface area (Å²) in [5, 5.41) is 11.9. The van der Waals surface area contributed by atoms with Crippen LogP contribution in [0.2, 0.25) is 0 Å². The standard InChI is InChI=1S/C27H32N2O5/c1-2-8-18(26(32)29-14-7-9-19(29)15-25(30)31)16-28-27(33)34-17-24-22-12-5-3-10-20(22)21-11-4-6-13-23(21)24/h3-6,10-13,18-19,24H,2,7-9,14-17H2,1H3,(H,28,33)(H,30,31). The molecule has 1 saturated heterocycles. The number of ether oxygens (including phenoxy) is 1. The Morgan fingerprint density at radius 3 is 2.35 bits per heavy atom. The maximum Gasteiger partial charge on any atom is 0.407 e. The topological polar surface area (TPSA) is 95.9 Å². The number of rotatable bonds is 9. The minimum Gasteiger partial charge on any atom is -0.481 e. The summed E-state index contributed by atoms with van der Waals surface area (Å²) in [6.07, 6.45) is 2.35. The Hall–Kier alpha value is -3.35. The molecule has 2 unspecified atom stereocenters. The van der Waals surface area contributed by atoms with Gasteiger partial charge in [0.15, 0.2) is 0 Å². The largest absolute Gasteiger partial charge is 0.481 e. The van der Waals surface area contributed by atoms with Crippen molar-refractivity contribution in [1.29, 1.82) is 0 Å². The van der Waals surface area contributed by atoms with Crippen molar-refractivity contribution in [1.82, 2.24) is 10.2 Å². The third-order valence-electron chi connectivity index (χ3n) is 6.89. The number of hydrogen-bond acceptors (Lipinski definition) is 4. The van der Waals surface area contributed by atoms with Gasteiger partial charge in [0.25, 0.3) is 0 Å². The molecule has 0 bridgehead atoms. The maximum atomic E-state index is 13.1. The molecule has 1 heterocycles. The Kier molecular flexibility index (Phi) is 7.50. The second-order valence-corrected chi connectivity index (χ2v) is 9.12. The zero-order valence-electron chi connectivity index (χ0n) is 19.5. The molecule has 34 heavy (non-hydrogen) atoms. The Morgan fingerprint density at radius 2 is 1.74 bits per heavy atom. The molecule has 2 amide bonds. The van der Waals surface area contributed by atoms with Crippen LogP contribution in [0.15, 0.2) is 48.5 Å². The molecule has 2 N–H and O–H groups in total. The number of nitrogens with one attached hydrogen (secondary N) is 1. The SMILES string of the molecule is CCCC(CNC(=O)OCC1c2ccccc2-c2ccccc21)C(=O)N1CCCC1CC(=O)O. The van der Waals surface area contributed by atoms with Gasteiger partial charge in [-0.25, -0.2) is 4.79 Å². The molecule has 1 fully saturated rings. The summed E-state index contributed by atoms with van der Waals surface area (Å²) in [6.45, 7) is 2.97. The molecule has 2 aliphatic rings. The molecule has 0 radical (unpaired) electrons. The van der Waals surface area contributed by atoms with Crippen molar-refractivity contribution in [3.63, 3.8) is 0 Å². The lowest BCUT2D eigenvalue weighted by Crippen LogP contribution is -2.44. The zero-order valence-corrected chi connectivity index (χ0v) is 19.5. The van der Waals surface area contributed by atoms with E-state index in [9.17, 15) is 14.4 Å². The molecule has 0 spiro atoms. The Balaban J connectivity index is 1.34. The minimum absolute atomic E-state index is 0.0207. The van der Waals surface area contributed by atoms with Crippen molar-refractivity contribution in [2.24, 2.45) is 5.92 Å². The summed E-state index contributed by atoms with van der Waals surface area (Å²) in [6, 6.07) is 16.1. The first kappa shape index (κ1) is 23.8. The van der Waals surface area contributed by atoms with Crippen molar-refractivity contribution < 1.29 is 24.2 Å². The van der Waals surface area contributed by atoms with Crippen LogP contribution in [0.1, 0.15) is 56.1 Å². The van der Waals surface area contributed by atoms with E-state index < -0.39 is 12.1 Å². The fraction of sp³-hybridized carbons (Fsp3) is 0.444. The minimum atomic E-state index is -0.895. The summed E-state index contributed by atoms with van der Waals surface area (Å²) in [7, 11) is 0. The molecule has 2 atom stereocenters. The molecular formula is C27H32N2O5. The van der Waals surface area contributed by atoms with Crippen molar-refractivity contribution in [3.8, 4) is 11.1 Å². The van der Waals surface area contributed by atoms with Gasteiger partial charge < -0.3 is 20.1 Å². The molecule has 180 valence electrons. The van der Waals surface area contributed by atoms with E-state index in [1.807, 2.05) is 31.2 Å². The van der Waals surface area contributed by atoms with Gasteiger partial charge >= 0.3 is 12.1 Å². The van der Waals surface area contributed by atoms with Crippen molar-refractivity contribution in [2.45, 2.75) is 51.0 Å². The highest BCUT2D eigenvalue weighted by Gasteiger charge is 2.34. The molecular weight excluding hydrogens is 432 g/mol. The van der Waals surface area contributed by atoms with Gasteiger partial charge in [0.05, 0.1) is 12.3 Å². The third-order valence-corrected chi connectivity index (χ3v) is 6.89. The number of aliphatic carboxylic acids is 1. The van der Waals surface area contributed by atoms with E-state index in [0.29, 0.717) is 19.4 Å². The van der Waals surface area contributed by atoms with Gasteiger partial charge in [-0.15, -0.1) is 0 Å². The number of benzene rings is 2. The van der Waals surface area contributed by atoms with Crippen LogP contribution in [0, 0.1) is 5.92 Å². The fourth-order valence-electron chi connectivity index (χ4n) is 5.29. The van der Waals surface area contributed by atoms with Crippen LogP contribution in [0.4, 0.5) is 4.79 Å². The van der Waals surface area contributed by atoms with Crippen LogP contribution < -0.4 is 5.32 Å². The van der Waals surface area contributed by atoms with Gasteiger partial charge in [0, 0.05) is 25.0 Å². The second kappa shape index (κ2) is 10.7. The predicted octanol–water partition coefficient (Wildman–Crippen LogP) is 4.41. The monoisotopic (exact) mass is 464 g/mol. The maximum absolute atomic E-state index is 13.1.